The molecule has 0 unspecified atom stereocenters. The van der Waals surface area contributed by atoms with Gasteiger partial charge in [0, 0.05) is 12.1 Å². The first-order valence-corrected chi connectivity index (χ1v) is 7.19. The summed E-state index contributed by atoms with van der Waals surface area (Å²) in [7, 11) is 0. The van der Waals surface area contributed by atoms with Crippen LogP contribution >= 0.6 is 15.9 Å². The van der Waals surface area contributed by atoms with Gasteiger partial charge in [-0.05, 0) is 28.8 Å². The molecule has 1 aliphatic rings. The first-order chi connectivity index (χ1) is 9.41. The minimum atomic E-state index is -0.977. The van der Waals surface area contributed by atoms with E-state index in [9.17, 15) is 19.6 Å². The molecule has 0 aliphatic heterocycles. The quantitative estimate of drug-likeness (QED) is 0.667. The third-order valence-electron chi connectivity index (χ3n) is 3.48. The van der Waals surface area contributed by atoms with Gasteiger partial charge >= 0.3 is 5.69 Å². The molecule has 1 aromatic carbocycles. The molecule has 0 spiro atoms. The molecule has 0 aromatic heterocycles. The zero-order chi connectivity index (χ0) is 14.8. The summed E-state index contributed by atoms with van der Waals surface area (Å²) < 4.78 is 18.8. The number of hydrogen-bond acceptors (Lipinski definition) is 4. The first-order valence-electron chi connectivity index (χ1n) is 6.40. The molecule has 1 aromatic rings. The van der Waals surface area contributed by atoms with Gasteiger partial charge in [-0.3, -0.25) is 10.1 Å². The average molecular weight is 348 g/mol. The van der Waals surface area contributed by atoms with Crippen molar-refractivity contribution in [2.75, 3.05) is 6.61 Å². The van der Waals surface area contributed by atoms with Crippen LogP contribution in [0.1, 0.15) is 32.1 Å². The van der Waals surface area contributed by atoms with Crippen LogP contribution in [0.2, 0.25) is 0 Å². The van der Waals surface area contributed by atoms with Crippen LogP contribution in [-0.2, 0) is 0 Å². The molecule has 20 heavy (non-hydrogen) atoms. The molecule has 0 atom stereocenters. The SMILES string of the molecule is O=[N+]([O-])c1cc(Br)c(F)cc1OCC1(O)CCCCC1. The van der Waals surface area contributed by atoms with E-state index < -0.39 is 16.3 Å². The van der Waals surface area contributed by atoms with E-state index in [-0.39, 0.29) is 22.5 Å². The van der Waals surface area contributed by atoms with Gasteiger partial charge in [-0.2, -0.15) is 0 Å². The van der Waals surface area contributed by atoms with Gasteiger partial charge in [0.1, 0.15) is 12.4 Å². The maximum atomic E-state index is 13.5. The molecule has 1 saturated carbocycles. The minimum Gasteiger partial charge on any atom is -0.484 e. The van der Waals surface area contributed by atoms with Crippen molar-refractivity contribution in [3.05, 3.63) is 32.5 Å². The molecular weight excluding hydrogens is 333 g/mol. The summed E-state index contributed by atoms with van der Waals surface area (Å²) in [6.07, 6.45) is 4.06. The smallest absolute Gasteiger partial charge is 0.312 e. The predicted octanol–water partition coefficient (Wildman–Crippen LogP) is 3.57. The Bertz CT molecular complexity index is 517. The maximum Gasteiger partial charge on any atom is 0.312 e. The molecule has 0 bridgehead atoms. The van der Waals surface area contributed by atoms with Gasteiger partial charge in [0.05, 0.1) is 15.0 Å². The van der Waals surface area contributed by atoms with Gasteiger partial charge in [0.25, 0.3) is 0 Å². The summed E-state index contributed by atoms with van der Waals surface area (Å²) in [5.41, 5.74) is -1.30. The summed E-state index contributed by atoms with van der Waals surface area (Å²) >= 11 is 2.90. The van der Waals surface area contributed by atoms with Crippen LogP contribution in [0, 0.1) is 15.9 Å². The van der Waals surface area contributed by atoms with Crippen LogP contribution in [0.25, 0.3) is 0 Å². The number of nitro benzene ring substituents is 1. The zero-order valence-corrected chi connectivity index (χ0v) is 12.4. The van der Waals surface area contributed by atoms with Gasteiger partial charge in [0.15, 0.2) is 5.75 Å². The molecule has 0 saturated heterocycles. The molecule has 1 N–H and O–H groups in total. The van der Waals surface area contributed by atoms with Crippen LogP contribution in [0.4, 0.5) is 10.1 Å². The second kappa shape index (κ2) is 6.05. The van der Waals surface area contributed by atoms with Crippen molar-refractivity contribution in [3.63, 3.8) is 0 Å². The Morgan fingerprint density at radius 1 is 1.40 bits per heavy atom. The minimum absolute atomic E-state index is 0.00734. The number of rotatable bonds is 4. The summed E-state index contributed by atoms with van der Waals surface area (Å²) in [4.78, 5) is 10.3. The molecule has 0 amide bonds. The highest BCUT2D eigenvalue weighted by molar-refractivity contribution is 9.10. The number of aliphatic hydroxyl groups is 1. The van der Waals surface area contributed by atoms with E-state index in [0.29, 0.717) is 12.8 Å². The van der Waals surface area contributed by atoms with Gasteiger partial charge in [-0.1, -0.05) is 19.3 Å². The molecule has 7 heteroatoms. The highest BCUT2D eigenvalue weighted by Gasteiger charge is 2.31. The van der Waals surface area contributed by atoms with Crippen LogP contribution < -0.4 is 4.74 Å². The predicted molar refractivity (Wildman–Crippen MR) is 74.3 cm³/mol. The van der Waals surface area contributed by atoms with Crippen molar-refractivity contribution in [2.45, 2.75) is 37.7 Å². The number of ether oxygens (including phenoxy) is 1. The van der Waals surface area contributed by atoms with Crippen molar-refractivity contribution < 1.29 is 19.2 Å². The first kappa shape index (κ1) is 15.2. The molecule has 1 fully saturated rings. The highest BCUT2D eigenvalue weighted by atomic mass is 79.9. The van der Waals surface area contributed by atoms with E-state index in [2.05, 4.69) is 15.9 Å². The second-order valence-corrected chi connectivity index (χ2v) is 5.92. The maximum absolute atomic E-state index is 13.5. The van der Waals surface area contributed by atoms with Crippen molar-refractivity contribution in [3.8, 4) is 5.75 Å². The average Bonchev–Trinajstić information content (AvgIpc) is 2.40. The fraction of sp³-hybridized carbons (Fsp3) is 0.538. The van der Waals surface area contributed by atoms with Crippen LogP contribution in [0.15, 0.2) is 16.6 Å². The number of hydrogen-bond donors (Lipinski definition) is 1. The van der Waals surface area contributed by atoms with Crippen molar-refractivity contribution in [1.82, 2.24) is 0 Å². The fourth-order valence-corrected chi connectivity index (χ4v) is 2.67. The van der Waals surface area contributed by atoms with E-state index in [1.807, 2.05) is 0 Å². The second-order valence-electron chi connectivity index (χ2n) is 5.06. The van der Waals surface area contributed by atoms with Crippen LogP contribution in [0.3, 0.4) is 0 Å². The van der Waals surface area contributed by atoms with E-state index in [1.54, 1.807) is 0 Å². The zero-order valence-electron chi connectivity index (χ0n) is 10.8. The number of benzene rings is 1. The van der Waals surface area contributed by atoms with Crippen LogP contribution in [-0.4, -0.2) is 22.2 Å². The molecule has 0 radical (unpaired) electrons. The third kappa shape index (κ3) is 3.46. The normalized spacial score (nSPS) is 17.8. The van der Waals surface area contributed by atoms with Crippen molar-refractivity contribution >= 4 is 21.6 Å². The van der Waals surface area contributed by atoms with Gasteiger partial charge in [-0.25, -0.2) is 4.39 Å². The lowest BCUT2D eigenvalue weighted by Crippen LogP contribution is -2.38. The summed E-state index contributed by atoms with van der Waals surface area (Å²) in [5, 5.41) is 21.2. The van der Waals surface area contributed by atoms with E-state index >= 15 is 0 Å². The van der Waals surface area contributed by atoms with E-state index in [4.69, 9.17) is 4.74 Å². The van der Waals surface area contributed by atoms with Gasteiger partial charge < -0.3 is 9.84 Å². The lowest BCUT2D eigenvalue weighted by atomic mass is 9.85. The Balaban J connectivity index is 2.16. The number of nitrogens with zero attached hydrogens (tertiary/aromatic N) is 1. The number of nitro groups is 1. The van der Waals surface area contributed by atoms with Gasteiger partial charge in [0.2, 0.25) is 0 Å². The Kier molecular flexibility index (Phi) is 4.59. The Morgan fingerprint density at radius 2 is 2.05 bits per heavy atom. The molecule has 1 aliphatic carbocycles. The number of halogens is 2. The van der Waals surface area contributed by atoms with Gasteiger partial charge in [-0.15, -0.1) is 0 Å². The third-order valence-corrected chi connectivity index (χ3v) is 4.09. The fourth-order valence-electron chi connectivity index (χ4n) is 2.34. The lowest BCUT2D eigenvalue weighted by Gasteiger charge is -2.31. The Labute approximate surface area is 124 Å². The Morgan fingerprint density at radius 3 is 2.65 bits per heavy atom. The standard InChI is InChI=1S/C13H15BrFNO4/c14-9-6-11(16(18)19)12(7-10(9)15)20-8-13(17)4-2-1-3-5-13/h6-7,17H,1-5,8H2. The van der Waals surface area contributed by atoms with Crippen molar-refractivity contribution in [1.29, 1.82) is 0 Å². The largest absolute Gasteiger partial charge is 0.484 e. The molecule has 2 rings (SSSR count). The molecular formula is C13H15BrFNO4. The van der Waals surface area contributed by atoms with E-state index in [0.717, 1.165) is 31.4 Å². The van der Waals surface area contributed by atoms with Crippen LogP contribution in [0.5, 0.6) is 5.75 Å². The highest BCUT2D eigenvalue weighted by Crippen LogP contribution is 2.34. The molecule has 0 heterocycles. The monoisotopic (exact) mass is 347 g/mol. The topological polar surface area (TPSA) is 72.6 Å². The summed E-state index contributed by atoms with van der Waals surface area (Å²) in [6, 6.07) is 2.03. The molecule has 110 valence electrons. The molecule has 5 nitrogen and oxygen atoms in total. The Hall–Kier alpha value is -1.21. The van der Waals surface area contributed by atoms with Crippen molar-refractivity contribution in [2.24, 2.45) is 0 Å². The summed E-state index contributed by atoms with van der Waals surface area (Å²) in [6.45, 7) is -0.0606. The van der Waals surface area contributed by atoms with E-state index in [1.165, 1.54) is 0 Å². The lowest BCUT2D eigenvalue weighted by molar-refractivity contribution is -0.386. The summed E-state index contributed by atoms with van der Waals surface area (Å²) in [5.74, 6) is -0.795.